The largest absolute Gasteiger partial charge is 0.364 e. The summed E-state index contributed by atoms with van der Waals surface area (Å²) in [6.07, 6.45) is 3.23. The molecule has 0 bridgehead atoms. The average Bonchev–Trinajstić information content (AvgIpc) is 3.04. The number of hydrogen-bond donors (Lipinski definition) is 0. The summed E-state index contributed by atoms with van der Waals surface area (Å²) < 4.78 is 27.5. The van der Waals surface area contributed by atoms with E-state index in [1.807, 2.05) is 7.05 Å². The molecule has 0 amide bonds. The van der Waals surface area contributed by atoms with Crippen molar-refractivity contribution >= 4 is 21.4 Å². The molecule has 10 heteroatoms. The molecule has 0 spiro atoms. The van der Waals surface area contributed by atoms with Gasteiger partial charge in [0.25, 0.3) is 5.69 Å². The lowest BCUT2D eigenvalue weighted by Crippen LogP contribution is -2.47. The number of sulfonamides is 1. The van der Waals surface area contributed by atoms with Crippen LogP contribution < -0.4 is 4.90 Å². The lowest BCUT2D eigenvalue weighted by Gasteiger charge is -2.31. The van der Waals surface area contributed by atoms with Crippen LogP contribution in [0.2, 0.25) is 0 Å². The zero-order chi connectivity index (χ0) is 20.6. The average molecular weight is 424 g/mol. The van der Waals surface area contributed by atoms with Crippen LogP contribution in [0.1, 0.15) is 19.3 Å². The van der Waals surface area contributed by atoms with Gasteiger partial charge in [0.1, 0.15) is 5.69 Å². The van der Waals surface area contributed by atoms with Crippen molar-refractivity contribution in [1.29, 1.82) is 0 Å². The molecule has 0 aliphatic carbocycles. The number of piperazine rings is 1. The van der Waals surface area contributed by atoms with Crippen molar-refractivity contribution in [1.82, 2.24) is 14.1 Å². The van der Waals surface area contributed by atoms with Gasteiger partial charge in [-0.1, -0.05) is 0 Å². The van der Waals surface area contributed by atoms with Crippen LogP contribution in [0, 0.1) is 10.1 Å². The molecule has 3 aliphatic heterocycles. The van der Waals surface area contributed by atoms with Crippen molar-refractivity contribution in [3.05, 3.63) is 28.3 Å². The van der Waals surface area contributed by atoms with E-state index >= 15 is 0 Å². The third-order valence-corrected chi connectivity index (χ3v) is 8.28. The number of benzene rings is 1. The van der Waals surface area contributed by atoms with E-state index in [0.29, 0.717) is 37.9 Å². The molecule has 1 aromatic rings. The Hall–Kier alpha value is -1.75. The molecule has 3 saturated heterocycles. The van der Waals surface area contributed by atoms with Gasteiger partial charge in [-0.05, 0) is 45.0 Å². The molecule has 160 valence electrons. The smallest absolute Gasteiger partial charge is 0.293 e. The van der Waals surface area contributed by atoms with E-state index in [1.165, 1.54) is 22.9 Å². The molecule has 1 atom stereocenters. The van der Waals surface area contributed by atoms with E-state index in [1.54, 1.807) is 6.07 Å². The molecule has 1 aromatic carbocycles. The van der Waals surface area contributed by atoms with Gasteiger partial charge in [-0.2, -0.15) is 4.31 Å². The predicted molar refractivity (Wildman–Crippen MR) is 111 cm³/mol. The number of anilines is 1. The quantitative estimate of drug-likeness (QED) is 0.531. The summed E-state index contributed by atoms with van der Waals surface area (Å²) in [5, 5.41) is 11.8. The first kappa shape index (κ1) is 20.5. The van der Waals surface area contributed by atoms with Gasteiger partial charge < -0.3 is 9.80 Å². The maximum Gasteiger partial charge on any atom is 0.293 e. The van der Waals surface area contributed by atoms with Crippen molar-refractivity contribution in [2.45, 2.75) is 30.2 Å². The fourth-order valence-corrected chi connectivity index (χ4v) is 6.12. The Labute approximate surface area is 172 Å². The highest BCUT2D eigenvalue weighted by molar-refractivity contribution is 7.89. The first-order valence-corrected chi connectivity index (χ1v) is 11.8. The van der Waals surface area contributed by atoms with E-state index in [-0.39, 0.29) is 10.6 Å². The Balaban J connectivity index is 1.62. The van der Waals surface area contributed by atoms with E-state index in [0.717, 1.165) is 39.0 Å². The van der Waals surface area contributed by atoms with Crippen LogP contribution in [0.15, 0.2) is 23.1 Å². The van der Waals surface area contributed by atoms with Crippen LogP contribution in [-0.4, -0.2) is 92.9 Å². The summed E-state index contributed by atoms with van der Waals surface area (Å²) in [5.74, 6) is 0. The lowest BCUT2D eigenvalue weighted by molar-refractivity contribution is -0.384. The molecule has 0 N–H and O–H groups in total. The SMILES string of the molecule is CN1CCN(S(=O)(=O)c2ccc(N3CCCN4CCCC4C3)c([N+](=O)[O-])c2)CC1. The standard InChI is InChI=1S/C19H29N5O4S/c1-20-10-12-23(13-11-20)29(27,28)17-5-6-18(19(14-17)24(25)26)22-9-3-8-21-7-2-4-16(21)15-22/h5-6,14,16H,2-4,7-13,15H2,1H3. The topological polar surface area (TPSA) is 90.2 Å². The van der Waals surface area contributed by atoms with Gasteiger partial charge in [0.15, 0.2) is 0 Å². The normalized spacial score (nSPS) is 25.0. The van der Waals surface area contributed by atoms with E-state index in [9.17, 15) is 18.5 Å². The molecule has 3 fully saturated rings. The maximum atomic E-state index is 13.0. The van der Waals surface area contributed by atoms with Crippen LogP contribution in [0.25, 0.3) is 0 Å². The first-order chi connectivity index (χ1) is 13.9. The number of nitrogens with zero attached hydrogens (tertiary/aromatic N) is 5. The number of fused-ring (bicyclic) bond motifs is 1. The van der Waals surface area contributed by atoms with Crippen LogP contribution in [0.4, 0.5) is 11.4 Å². The summed E-state index contributed by atoms with van der Waals surface area (Å²) in [5.41, 5.74) is 0.410. The molecule has 3 heterocycles. The van der Waals surface area contributed by atoms with Crippen LogP contribution in [-0.2, 0) is 10.0 Å². The van der Waals surface area contributed by atoms with E-state index in [2.05, 4.69) is 14.7 Å². The van der Waals surface area contributed by atoms with Crippen LogP contribution >= 0.6 is 0 Å². The minimum absolute atomic E-state index is 0.00909. The second kappa shape index (κ2) is 8.17. The highest BCUT2D eigenvalue weighted by Crippen LogP contribution is 2.34. The third-order valence-electron chi connectivity index (χ3n) is 6.39. The summed E-state index contributed by atoms with van der Waals surface area (Å²) in [6, 6.07) is 4.84. The monoisotopic (exact) mass is 423 g/mol. The third kappa shape index (κ3) is 4.11. The van der Waals surface area contributed by atoms with Gasteiger partial charge in [0.05, 0.1) is 9.82 Å². The Morgan fingerprint density at radius 2 is 1.76 bits per heavy atom. The number of rotatable bonds is 4. The zero-order valence-electron chi connectivity index (χ0n) is 16.9. The number of nitro benzene ring substituents is 1. The molecule has 0 aromatic heterocycles. The molecule has 1 unspecified atom stereocenters. The Kier molecular flexibility index (Phi) is 5.78. The Morgan fingerprint density at radius 3 is 2.48 bits per heavy atom. The summed E-state index contributed by atoms with van der Waals surface area (Å²) in [7, 11) is -1.78. The minimum atomic E-state index is -3.73. The van der Waals surface area contributed by atoms with Gasteiger partial charge >= 0.3 is 0 Å². The minimum Gasteiger partial charge on any atom is -0.364 e. The van der Waals surface area contributed by atoms with Crippen LogP contribution in [0.5, 0.6) is 0 Å². The van der Waals surface area contributed by atoms with Crippen molar-refractivity contribution in [3.63, 3.8) is 0 Å². The van der Waals surface area contributed by atoms with Gasteiger partial charge in [0.2, 0.25) is 10.0 Å². The predicted octanol–water partition coefficient (Wildman–Crippen LogP) is 1.21. The van der Waals surface area contributed by atoms with Crippen molar-refractivity contribution in [3.8, 4) is 0 Å². The van der Waals surface area contributed by atoms with Crippen molar-refractivity contribution in [2.24, 2.45) is 0 Å². The van der Waals surface area contributed by atoms with Gasteiger partial charge in [0, 0.05) is 57.9 Å². The van der Waals surface area contributed by atoms with E-state index < -0.39 is 14.9 Å². The van der Waals surface area contributed by atoms with Crippen molar-refractivity contribution < 1.29 is 13.3 Å². The zero-order valence-corrected chi connectivity index (χ0v) is 17.7. The Morgan fingerprint density at radius 1 is 1.03 bits per heavy atom. The fraction of sp³-hybridized carbons (Fsp3) is 0.684. The number of likely N-dealkylation sites (N-methyl/N-ethyl adjacent to an activating group) is 1. The molecule has 29 heavy (non-hydrogen) atoms. The summed E-state index contributed by atoms with van der Waals surface area (Å²) in [4.78, 5) is 18.0. The molecule has 3 aliphatic rings. The molecule has 0 saturated carbocycles. The number of nitro groups is 1. The molecular formula is C19H29N5O4S. The second-order valence-electron chi connectivity index (χ2n) is 8.25. The molecule has 4 rings (SSSR count). The molecular weight excluding hydrogens is 394 g/mol. The fourth-order valence-electron chi connectivity index (χ4n) is 4.68. The van der Waals surface area contributed by atoms with Gasteiger partial charge in [-0.25, -0.2) is 8.42 Å². The Bertz CT molecular complexity index is 869. The van der Waals surface area contributed by atoms with Crippen LogP contribution in [0.3, 0.4) is 0 Å². The lowest BCUT2D eigenvalue weighted by atomic mass is 10.2. The molecule has 9 nitrogen and oxygen atoms in total. The number of hydrogen-bond acceptors (Lipinski definition) is 7. The summed E-state index contributed by atoms with van der Waals surface area (Å²) in [6.45, 7) is 5.74. The maximum absolute atomic E-state index is 13.0. The highest BCUT2D eigenvalue weighted by atomic mass is 32.2. The van der Waals surface area contributed by atoms with Gasteiger partial charge in [-0.15, -0.1) is 0 Å². The first-order valence-electron chi connectivity index (χ1n) is 10.3. The van der Waals surface area contributed by atoms with E-state index in [4.69, 9.17) is 0 Å². The van der Waals surface area contributed by atoms with Gasteiger partial charge in [-0.3, -0.25) is 15.0 Å². The highest BCUT2D eigenvalue weighted by Gasteiger charge is 2.33. The second-order valence-corrected chi connectivity index (χ2v) is 10.2. The van der Waals surface area contributed by atoms with Crippen molar-refractivity contribution in [2.75, 3.05) is 64.3 Å². The molecule has 0 radical (unpaired) electrons. The summed E-state index contributed by atoms with van der Waals surface area (Å²) >= 11 is 0.